The number of alkyl halides is 1. The molecule has 0 saturated carbocycles. The first-order chi connectivity index (χ1) is 37.7. The lowest BCUT2D eigenvalue weighted by Gasteiger charge is -2.27. The fraction of sp³-hybridized carbons (Fsp3) is 0.328. The number of imidazole rings is 1. The van der Waals surface area contributed by atoms with Gasteiger partial charge in [-0.15, -0.1) is 11.6 Å². The van der Waals surface area contributed by atoms with E-state index in [9.17, 15) is 43.5 Å². The predicted molar refractivity (Wildman–Crippen MR) is 298 cm³/mol. The molecule has 0 radical (unpaired) electrons. The zero-order valence-corrected chi connectivity index (χ0v) is 45.7. The van der Waals surface area contributed by atoms with E-state index in [1.54, 1.807) is 77.1 Å². The first-order valence-corrected chi connectivity index (χ1v) is 26.2. The molecule has 4 aromatic carbocycles. The SMILES string of the molecule is Cc1cccc2c(OC(=O)N(CCN(C)C(=O)OCc3ccc(NC(=O)[C@H](C)CC(=O)[C@H](C(C)C)N(C)C)cc3)CCN3C(=O)C=CC3=O)cc3c(c12)[C@H](CCl)CN3C(=O)c1cn2cc(NC(=O)c3ccc(O)cc3)ccc2n1. The van der Waals surface area contributed by atoms with Crippen LogP contribution in [0.5, 0.6) is 11.5 Å². The molecule has 4 heterocycles. The van der Waals surface area contributed by atoms with Crippen LogP contribution >= 0.6 is 11.6 Å². The Hall–Kier alpha value is -8.62. The third kappa shape index (κ3) is 12.9. The molecule has 3 atom stereocenters. The van der Waals surface area contributed by atoms with E-state index in [1.165, 1.54) is 41.1 Å². The molecule has 21 heteroatoms. The van der Waals surface area contributed by atoms with Gasteiger partial charge >= 0.3 is 12.2 Å². The molecule has 2 aliphatic heterocycles. The number of benzene rings is 4. The number of halogens is 1. The van der Waals surface area contributed by atoms with Gasteiger partial charge in [0, 0.05) is 111 Å². The molecular formula is C58H62ClN9O11. The Balaban J connectivity index is 0.956. The Morgan fingerprint density at radius 3 is 2.20 bits per heavy atom. The second-order valence-electron chi connectivity index (χ2n) is 20.3. The summed E-state index contributed by atoms with van der Waals surface area (Å²) in [5.74, 6) is -2.74. The predicted octanol–water partition coefficient (Wildman–Crippen LogP) is 7.85. The smallest absolute Gasteiger partial charge is 0.415 e. The highest BCUT2D eigenvalue weighted by Crippen LogP contribution is 2.47. The zero-order valence-electron chi connectivity index (χ0n) is 44.9. The minimum absolute atomic E-state index is 0.00757. The number of imide groups is 1. The number of nitrogens with one attached hydrogen (secondary N) is 2. The maximum absolute atomic E-state index is 14.6. The van der Waals surface area contributed by atoms with Gasteiger partial charge in [-0.25, -0.2) is 14.6 Å². The van der Waals surface area contributed by atoms with Gasteiger partial charge in [0.25, 0.3) is 23.6 Å². The molecule has 412 valence electrons. The molecule has 0 bridgehead atoms. The number of fused-ring (bicyclic) bond motifs is 4. The number of ether oxygens (including phenoxy) is 2. The highest BCUT2D eigenvalue weighted by Gasteiger charge is 2.37. The summed E-state index contributed by atoms with van der Waals surface area (Å²) in [6.07, 6.45) is 3.98. The minimum Gasteiger partial charge on any atom is -0.508 e. The Labute approximate surface area is 461 Å². The summed E-state index contributed by atoms with van der Waals surface area (Å²) in [6, 6.07) is 22.7. The van der Waals surface area contributed by atoms with Gasteiger partial charge in [-0.2, -0.15) is 0 Å². The van der Waals surface area contributed by atoms with Gasteiger partial charge in [0.15, 0.2) is 5.78 Å². The van der Waals surface area contributed by atoms with E-state index in [4.69, 9.17) is 21.1 Å². The highest BCUT2D eigenvalue weighted by atomic mass is 35.5. The minimum atomic E-state index is -0.864. The van der Waals surface area contributed by atoms with Crippen LogP contribution in [0.25, 0.3) is 16.4 Å². The quantitative estimate of drug-likeness (QED) is 0.0489. The van der Waals surface area contributed by atoms with Crippen molar-refractivity contribution in [2.75, 3.05) is 75.3 Å². The zero-order chi connectivity index (χ0) is 56.8. The number of nitrogens with zero attached hydrogens (tertiary/aromatic N) is 7. The number of hydrogen-bond acceptors (Lipinski definition) is 13. The topological polar surface area (TPSA) is 233 Å². The summed E-state index contributed by atoms with van der Waals surface area (Å²) >= 11 is 6.64. The molecule has 3 N–H and O–H groups in total. The van der Waals surface area contributed by atoms with Crippen LogP contribution < -0.4 is 20.3 Å². The van der Waals surface area contributed by atoms with E-state index in [0.29, 0.717) is 39.2 Å². The van der Waals surface area contributed by atoms with Gasteiger partial charge in [-0.05, 0) is 97.5 Å². The average molecular weight is 1100 g/mol. The number of carbonyl (C=O) groups is 8. The summed E-state index contributed by atoms with van der Waals surface area (Å²) in [5.41, 5.74) is 4.49. The molecule has 0 fully saturated rings. The van der Waals surface area contributed by atoms with Crippen molar-refractivity contribution in [1.82, 2.24) is 29.0 Å². The van der Waals surface area contributed by atoms with Crippen molar-refractivity contribution in [2.24, 2.45) is 11.8 Å². The molecule has 0 unspecified atom stereocenters. The van der Waals surface area contributed by atoms with Crippen molar-refractivity contribution < 1.29 is 52.9 Å². The fourth-order valence-corrected chi connectivity index (χ4v) is 10.1. The summed E-state index contributed by atoms with van der Waals surface area (Å²) < 4.78 is 13.4. The number of anilines is 3. The normalized spacial score (nSPS) is 14.7. The van der Waals surface area contributed by atoms with Crippen molar-refractivity contribution >= 4 is 92.6 Å². The van der Waals surface area contributed by atoms with Crippen LogP contribution in [0.2, 0.25) is 0 Å². The van der Waals surface area contributed by atoms with E-state index in [1.807, 2.05) is 51.9 Å². The lowest BCUT2D eigenvalue weighted by atomic mass is 9.92. The average Bonchev–Trinajstić information content (AvgIpc) is 4.29. The number of phenolic OH excluding ortho intramolecular Hbond substituents is 1. The van der Waals surface area contributed by atoms with Crippen molar-refractivity contribution in [3.8, 4) is 11.5 Å². The molecule has 2 aromatic heterocycles. The van der Waals surface area contributed by atoms with Crippen LogP contribution in [0, 0.1) is 18.8 Å². The Bertz CT molecular complexity index is 3350. The number of Topliss-reactive ketones (excluding diaryl/α,β-unsaturated/α-hetero) is 1. The Morgan fingerprint density at radius 1 is 0.835 bits per heavy atom. The number of ketones is 1. The van der Waals surface area contributed by atoms with Crippen molar-refractivity contribution in [2.45, 2.75) is 52.7 Å². The molecule has 0 saturated heterocycles. The molecule has 2 aliphatic rings. The third-order valence-electron chi connectivity index (χ3n) is 14.0. The summed E-state index contributed by atoms with van der Waals surface area (Å²) in [4.78, 5) is 118. The van der Waals surface area contributed by atoms with Crippen molar-refractivity contribution in [1.29, 1.82) is 0 Å². The van der Waals surface area contributed by atoms with Crippen LogP contribution in [0.4, 0.5) is 26.7 Å². The van der Waals surface area contributed by atoms with Gasteiger partial charge in [-0.1, -0.05) is 51.1 Å². The summed E-state index contributed by atoms with van der Waals surface area (Å²) in [7, 11) is 5.18. The largest absolute Gasteiger partial charge is 0.508 e. The van der Waals surface area contributed by atoms with E-state index in [0.717, 1.165) is 33.6 Å². The van der Waals surface area contributed by atoms with Crippen LogP contribution in [0.3, 0.4) is 0 Å². The molecule has 7 amide bonds. The maximum Gasteiger partial charge on any atom is 0.415 e. The first-order valence-electron chi connectivity index (χ1n) is 25.7. The number of pyridine rings is 1. The number of likely N-dealkylation sites (N-methyl/N-ethyl adjacent to an activating group) is 2. The second-order valence-corrected chi connectivity index (χ2v) is 20.6. The molecule has 8 rings (SSSR count). The summed E-state index contributed by atoms with van der Waals surface area (Å²) in [6.45, 7) is 7.12. The van der Waals surface area contributed by atoms with Crippen LogP contribution in [0.15, 0.2) is 109 Å². The lowest BCUT2D eigenvalue weighted by Crippen LogP contribution is -2.45. The molecule has 0 spiro atoms. The second kappa shape index (κ2) is 24.4. The maximum atomic E-state index is 14.6. The van der Waals surface area contributed by atoms with Crippen molar-refractivity contribution in [3.05, 3.63) is 137 Å². The first kappa shape index (κ1) is 56.6. The number of aryl methyl sites for hydroxylation is 1. The van der Waals surface area contributed by atoms with Gasteiger partial charge in [0.05, 0.1) is 17.4 Å². The van der Waals surface area contributed by atoms with E-state index in [-0.39, 0.29) is 98.4 Å². The molecule has 79 heavy (non-hydrogen) atoms. The van der Waals surface area contributed by atoms with E-state index < -0.39 is 41.7 Å². The molecule has 0 aliphatic carbocycles. The van der Waals surface area contributed by atoms with E-state index >= 15 is 0 Å². The highest BCUT2D eigenvalue weighted by molar-refractivity contribution is 6.19. The molecule has 6 aromatic rings. The van der Waals surface area contributed by atoms with Crippen LogP contribution in [-0.4, -0.2) is 147 Å². The number of aromatic hydroxyl groups is 1. The number of phenols is 1. The van der Waals surface area contributed by atoms with Gasteiger partial charge in [0.1, 0.15) is 29.4 Å². The fourth-order valence-electron chi connectivity index (χ4n) is 9.87. The van der Waals surface area contributed by atoms with Gasteiger partial charge in [-0.3, -0.25) is 38.6 Å². The number of carbonyl (C=O) groups excluding carboxylic acids is 8. The number of rotatable bonds is 20. The Kier molecular flexibility index (Phi) is 17.5. The number of aromatic nitrogens is 2. The van der Waals surface area contributed by atoms with E-state index in [2.05, 4.69) is 15.6 Å². The lowest BCUT2D eigenvalue weighted by molar-refractivity contribution is -0.137. The molecule has 20 nitrogen and oxygen atoms in total. The number of hydrogen-bond donors (Lipinski definition) is 3. The van der Waals surface area contributed by atoms with Gasteiger partial charge in [0.2, 0.25) is 5.91 Å². The third-order valence-corrected chi connectivity index (χ3v) is 14.3. The van der Waals surface area contributed by atoms with Crippen LogP contribution in [-0.2, 0) is 30.5 Å². The monoisotopic (exact) mass is 1100 g/mol. The Morgan fingerprint density at radius 2 is 1.53 bits per heavy atom. The summed E-state index contributed by atoms with van der Waals surface area (Å²) in [5, 5.41) is 16.6. The van der Waals surface area contributed by atoms with Crippen molar-refractivity contribution in [3.63, 3.8) is 0 Å². The van der Waals surface area contributed by atoms with Crippen LogP contribution in [0.1, 0.15) is 70.6 Å². The standard InChI is InChI=1S/C58H62ClN9O11/c1-34(2)53(63(5)6)46(70)27-36(4)54(73)60-40-15-11-37(12-16-40)33-78-57(76)64(7)23-24-65(25-26-67-49(71)21-22-50(67)72)58(77)79-47-28-45-52(51-35(3)9-8-10-43(47)51)39(29-59)30-68(45)56(75)44-32-66-31-41(17-20-48(66)62-44)61-55(74)38-13-18-42(69)19-14-38/h8-22,28,31-32,34,36,39,53,69H,23-27,29-30,33H2,1-7H3,(H,60,73)(H,61,74)/t36-,39-,53+/m1/s1. The number of amides is 7. The molecular weight excluding hydrogens is 1030 g/mol. The van der Waals surface area contributed by atoms with Gasteiger partial charge < -0.3 is 44.3 Å².